The lowest BCUT2D eigenvalue weighted by Crippen LogP contribution is -2.13. The highest BCUT2D eigenvalue weighted by Crippen LogP contribution is 2.30. The number of carbonyl (C=O) groups is 1. The molecule has 0 aliphatic rings. The summed E-state index contributed by atoms with van der Waals surface area (Å²) in [4.78, 5) is 12.6. The molecule has 0 aliphatic carbocycles. The molecule has 36 heavy (non-hydrogen) atoms. The van der Waals surface area contributed by atoms with Gasteiger partial charge in [0.15, 0.2) is 11.5 Å². The Kier molecular flexibility index (Phi) is 9.83. The van der Waals surface area contributed by atoms with E-state index in [-0.39, 0.29) is 5.57 Å². The summed E-state index contributed by atoms with van der Waals surface area (Å²) in [6.45, 7) is 9.17. The number of hydrogen-bond donors (Lipinski definition) is 1. The first kappa shape index (κ1) is 26.7. The second-order valence-electron chi connectivity index (χ2n) is 8.32. The first-order valence-corrected chi connectivity index (χ1v) is 12.5. The summed E-state index contributed by atoms with van der Waals surface area (Å²) in [5.74, 6) is 1.78. The maximum absolute atomic E-state index is 12.6. The summed E-state index contributed by atoms with van der Waals surface area (Å²) in [6.07, 6.45) is 2.28. The molecule has 0 aliphatic heterocycles. The number of ether oxygens (including phenoxy) is 3. The van der Waals surface area contributed by atoms with E-state index in [1.807, 2.05) is 44.2 Å². The minimum Gasteiger partial charge on any atom is -0.490 e. The predicted molar refractivity (Wildman–Crippen MR) is 140 cm³/mol. The quantitative estimate of drug-likeness (QED) is 0.198. The van der Waals surface area contributed by atoms with Crippen LogP contribution in [0, 0.1) is 24.2 Å². The van der Waals surface area contributed by atoms with Crippen LogP contribution in [0.3, 0.4) is 0 Å². The van der Waals surface area contributed by atoms with Crippen molar-refractivity contribution in [1.29, 1.82) is 5.26 Å². The number of nitrogens with one attached hydrogen (secondary N) is 1. The van der Waals surface area contributed by atoms with E-state index in [1.54, 1.807) is 18.2 Å². The number of carbonyl (C=O) groups excluding carboxylic acids is 1. The Balaban J connectivity index is 1.65. The highest BCUT2D eigenvalue weighted by Gasteiger charge is 2.14. The predicted octanol–water partition coefficient (Wildman–Crippen LogP) is 5.45. The zero-order valence-corrected chi connectivity index (χ0v) is 21.7. The molecule has 0 radical (unpaired) electrons. The topological polar surface area (TPSA) is 106 Å². The van der Waals surface area contributed by atoms with E-state index in [2.05, 4.69) is 29.4 Å². The fourth-order valence-corrected chi connectivity index (χ4v) is 4.19. The van der Waals surface area contributed by atoms with Crippen molar-refractivity contribution in [3.8, 4) is 23.3 Å². The van der Waals surface area contributed by atoms with Crippen LogP contribution in [0.1, 0.15) is 36.9 Å². The number of para-hydroxylation sites is 1. The van der Waals surface area contributed by atoms with Gasteiger partial charge in [-0.05, 0) is 55.2 Å². The van der Waals surface area contributed by atoms with Crippen LogP contribution in [0.2, 0.25) is 0 Å². The molecule has 0 unspecified atom stereocenters. The van der Waals surface area contributed by atoms with Crippen molar-refractivity contribution in [2.45, 2.75) is 34.1 Å². The molecule has 0 spiro atoms. The maximum Gasteiger partial charge on any atom is 0.268 e. The van der Waals surface area contributed by atoms with Crippen LogP contribution in [0.5, 0.6) is 17.2 Å². The summed E-state index contributed by atoms with van der Waals surface area (Å²) in [6, 6.07) is 15.0. The van der Waals surface area contributed by atoms with Crippen molar-refractivity contribution in [1.82, 2.24) is 10.2 Å². The third kappa shape index (κ3) is 7.82. The van der Waals surface area contributed by atoms with Gasteiger partial charge in [0.05, 0.1) is 6.61 Å². The highest BCUT2D eigenvalue weighted by atomic mass is 32.1. The van der Waals surface area contributed by atoms with Gasteiger partial charge in [-0.1, -0.05) is 49.4 Å². The minimum absolute atomic E-state index is 0.0571. The van der Waals surface area contributed by atoms with E-state index >= 15 is 0 Å². The van der Waals surface area contributed by atoms with Crippen LogP contribution in [-0.2, 0) is 11.2 Å². The molecule has 1 N–H and O–H groups in total. The molecule has 3 aromatic rings. The van der Waals surface area contributed by atoms with Crippen LogP contribution in [0.25, 0.3) is 6.08 Å². The lowest BCUT2D eigenvalue weighted by Gasteiger charge is -2.14. The number of anilines is 1. The number of aryl methyl sites for hydroxylation is 1. The van der Waals surface area contributed by atoms with E-state index in [4.69, 9.17) is 14.2 Å². The van der Waals surface area contributed by atoms with Gasteiger partial charge in [-0.2, -0.15) is 5.26 Å². The van der Waals surface area contributed by atoms with Crippen molar-refractivity contribution in [2.75, 3.05) is 25.1 Å². The molecule has 0 bridgehead atoms. The average molecular weight is 507 g/mol. The lowest BCUT2D eigenvalue weighted by atomic mass is 10.1. The Labute approximate surface area is 215 Å². The molecule has 0 atom stereocenters. The van der Waals surface area contributed by atoms with E-state index in [0.717, 1.165) is 22.7 Å². The van der Waals surface area contributed by atoms with Gasteiger partial charge in [-0.3, -0.25) is 10.1 Å². The number of nitriles is 1. The summed E-state index contributed by atoms with van der Waals surface area (Å²) in [5, 5.41) is 21.5. The molecule has 0 saturated carbocycles. The lowest BCUT2D eigenvalue weighted by molar-refractivity contribution is -0.112. The number of amides is 1. The van der Waals surface area contributed by atoms with Crippen LogP contribution in [0.4, 0.5) is 5.13 Å². The molecule has 1 heterocycles. The average Bonchev–Trinajstić information content (AvgIpc) is 3.28. The number of aromatic nitrogens is 2. The summed E-state index contributed by atoms with van der Waals surface area (Å²) < 4.78 is 17.4. The molecule has 2 aromatic carbocycles. The maximum atomic E-state index is 12.6. The fourth-order valence-electron chi connectivity index (χ4n) is 3.24. The zero-order valence-electron chi connectivity index (χ0n) is 20.9. The minimum atomic E-state index is -0.545. The van der Waals surface area contributed by atoms with E-state index in [0.29, 0.717) is 47.9 Å². The third-order valence-electron chi connectivity index (χ3n) is 4.91. The van der Waals surface area contributed by atoms with Crippen molar-refractivity contribution in [3.05, 3.63) is 64.2 Å². The Morgan fingerprint density at radius 3 is 2.53 bits per heavy atom. The second-order valence-corrected chi connectivity index (χ2v) is 9.39. The summed E-state index contributed by atoms with van der Waals surface area (Å²) in [5.41, 5.74) is 1.63. The standard InChI is InChI=1S/C27H30N4O4S/c1-5-33-24-16-20(10-11-23(24)35-13-12-34-22-9-7-6-8-19(22)4)15-21(17-28)26(32)29-27-31-30-25(36-27)14-18(2)3/h6-11,15-16,18H,5,12-14H2,1-4H3,(H,29,31,32). The Hall–Kier alpha value is -3.90. The first-order valence-electron chi connectivity index (χ1n) is 11.7. The molecule has 1 amide bonds. The van der Waals surface area contributed by atoms with E-state index in [1.165, 1.54) is 17.4 Å². The number of benzene rings is 2. The summed E-state index contributed by atoms with van der Waals surface area (Å²) in [7, 11) is 0. The second kappa shape index (κ2) is 13.3. The molecule has 8 nitrogen and oxygen atoms in total. The Morgan fingerprint density at radius 1 is 1.08 bits per heavy atom. The number of rotatable bonds is 12. The molecule has 9 heteroatoms. The molecule has 1 aromatic heterocycles. The molecule has 188 valence electrons. The van der Waals surface area contributed by atoms with E-state index < -0.39 is 5.91 Å². The SMILES string of the molecule is CCOc1cc(C=C(C#N)C(=O)Nc2nnc(CC(C)C)s2)ccc1OCCOc1ccccc1C. The molecule has 3 rings (SSSR count). The zero-order chi connectivity index (χ0) is 25.9. The van der Waals surface area contributed by atoms with Crippen molar-refractivity contribution in [2.24, 2.45) is 5.92 Å². The number of hydrogen-bond acceptors (Lipinski definition) is 8. The molecular weight excluding hydrogens is 476 g/mol. The Bertz CT molecular complexity index is 1250. The van der Waals surface area contributed by atoms with Crippen LogP contribution < -0.4 is 19.5 Å². The first-order chi connectivity index (χ1) is 17.4. The molecule has 0 saturated heterocycles. The van der Waals surface area contributed by atoms with E-state index in [9.17, 15) is 10.1 Å². The van der Waals surface area contributed by atoms with Gasteiger partial charge in [-0.25, -0.2) is 0 Å². The Morgan fingerprint density at radius 2 is 1.83 bits per heavy atom. The van der Waals surface area contributed by atoms with Crippen molar-refractivity contribution < 1.29 is 19.0 Å². The highest BCUT2D eigenvalue weighted by molar-refractivity contribution is 7.15. The monoisotopic (exact) mass is 506 g/mol. The van der Waals surface area contributed by atoms with Crippen molar-refractivity contribution >= 4 is 28.5 Å². The van der Waals surface area contributed by atoms with Gasteiger partial charge in [-0.15, -0.1) is 10.2 Å². The third-order valence-corrected chi connectivity index (χ3v) is 5.77. The molecule has 0 fully saturated rings. The van der Waals surface area contributed by atoms with Gasteiger partial charge >= 0.3 is 0 Å². The van der Waals surface area contributed by atoms with Crippen LogP contribution in [0.15, 0.2) is 48.0 Å². The summed E-state index contributed by atoms with van der Waals surface area (Å²) >= 11 is 1.31. The van der Waals surface area contributed by atoms with Gasteiger partial charge in [0.2, 0.25) is 5.13 Å². The molecular formula is C27H30N4O4S. The van der Waals surface area contributed by atoms with Gasteiger partial charge in [0.1, 0.15) is 35.6 Å². The number of nitrogens with zero attached hydrogens (tertiary/aromatic N) is 3. The fraction of sp³-hybridized carbons (Fsp3) is 0.333. The van der Waals surface area contributed by atoms with Gasteiger partial charge < -0.3 is 14.2 Å². The van der Waals surface area contributed by atoms with Crippen molar-refractivity contribution in [3.63, 3.8) is 0 Å². The van der Waals surface area contributed by atoms with Crippen LogP contribution in [-0.4, -0.2) is 35.9 Å². The smallest absolute Gasteiger partial charge is 0.268 e. The van der Waals surface area contributed by atoms with Gasteiger partial charge in [0.25, 0.3) is 5.91 Å². The largest absolute Gasteiger partial charge is 0.490 e. The van der Waals surface area contributed by atoms with Crippen LogP contribution >= 0.6 is 11.3 Å². The van der Waals surface area contributed by atoms with Gasteiger partial charge in [0, 0.05) is 6.42 Å². The normalized spacial score (nSPS) is 11.2.